The van der Waals surface area contributed by atoms with Gasteiger partial charge in [0.2, 0.25) is 5.91 Å². The molecule has 0 bridgehead atoms. The van der Waals surface area contributed by atoms with E-state index in [9.17, 15) is 22.8 Å². The van der Waals surface area contributed by atoms with E-state index in [0.29, 0.717) is 6.42 Å². The standard InChI is InChI=1S/C15H18F3NO3/c1-9-3-4-11(10(2)7-9)5-6-13(20)19-12(14(21)22)8-15(16,17)18/h3-4,7,12H,5-6,8H2,1-2H3,(H,19,20)(H,21,22). The van der Waals surface area contributed by atoms with Crippen molar-refractivity contribution in [1.29, 1.82) is 0 Å². The topological polar surface area (TPSA) is 66.4 Å². The molecule has 7 heteroatoms. The third kappa shape index (κ3) is 6.15. The number of rotatable bonds is 6. The van der Waals surface area contributed by atoms with Crippen molar-refractivity contribution in [3.05, 3.63) is 34.9 Å². The third-order valence-corrected chi connectivity index (χ3v) is 3.19. The number of carboxylic acid groups (broad SMARTS) is 1. The smallest absolute Gasteiger partial charge is 0.391 e. The quantitative estimate of drug-likeness (QED) is 0.848. The second-order valence-electron chi connectivity index (χ2n) is 5.21. The lowest BCUT2D eigenvalue weighted by atomic mass is 10.0. The van der Waals surface area contributed by atoms with Crippen LogP contribution in [-0.2, 0) is 16.0 Å². The van der Waals surface area contributed by atoms with E-state index in [-0.39, 0.29) is 6.42 Å². The van der Waals surface area contributed by atoms with Crippen molar-refractivity contribution in [3.63, 3.8) is 0 Å². The Labute approximate surface area is 126 Å². The Morgan fingerprint density at radius 3 is 2.41 bits per heavy atom. The number of carboxylic acids is 1. The fraction of sp³-hybridized carbons (Fsp3) is 0.467. The molecule has 122 valence electrons. The number of amides is 1. The zero-order valence-corrected chi connectivity index (χ0v) is 12.3. The van der Waals surface area contributed by atoms with Crippen LogP contribution in [0.15, 0.2) is 18.2 Å². The van der Waals surface area contributed by atoms with Gasteiger partial charge in [-0.15, -0.1) is 0 Å². The highest BCUT2D eigenvalue weighted by molar-refractivity contribution is 5.83. The van der Waals surface area contributed by atoms with Crippen LogP contribution < -0.4 is 5.32 Å². The number of nitrogens with one attached hydrogen (secondary N) is 1. The van der Waals surface area contributed by atoms with Crippen molar-refractivity contribution in [3.8, 4) is 0 Å². The summed E-state index contributed by atoms with van der Waals surface area (Å²) in [6.45, 7) is 3.81. The Balaban J connectivity index is 2.59. The number of carbonyl (C=O) groups is 2. The largest absolute Gasteiger partial charge is 0.480 e. The highest BCUT2D eigenvalue weighted by Crippen LogP contribution is 2.21. The minimum absolute atomic E-state index is 0.0640. The zero-order chi connectivity index (χ0) is 16.9. The molecule has 0 fully saturated rings. The van der Waals surface area contributed by atoms with Crippen LogP contribution in [0.1, 0.15) is 29.5 Å². The summed E-state index contributed by atoms with van der Waals surface area (Å²) in [7, 11) is 0. The number of aryl methyl sites for hydroxylation is 3. The van der Waals surface area contributed by atoms with E-state index >= 15 is 0 Å². The Morgan fingerprint density at radius 2 is 1.91 bits per heavy atom. The molecule has 0 spiro atoms. The summed E-state index contributed by atoms with van der Waals surface area (Å²) in [6.07, 6.45) is -5.96. The summed E-state index contributed by atoms with van der Waals surface area (Å²) < 4.78 is 36.7. The first-order chi connectivity index (χ1) is 10.1. The number of hydrogen-bond donors (Lipinski definition) is 2. The van der Waals surface area contributed by atoms with E-state index in [1.165, 1.54) is 0 Å². The molecule has 1 atom stereocenters. The van der Waals surface area contributed by atoms with Gasteiger partial charge in [0, 0.05) is 6.42 Å². The van der Waals surface area contributed by atoms with E-state index in [1.807, 2.05) is 37.4 Å². The second kappa shape index (κ2) is 7.29. The van der Waals surface area contributed by atoms with Crippen molar-refractivity contribution in [2.24, 2.45) is 0 Å². The first kappa shape index (κ1) is 18.0. The highest BCUT2D eigenvalue weighted by Gasteiger charge is 2.36. The number of aliphatic carboxylic acids is 1. The van der Waals surface area contributed by atoms with Gasteiger partial charge >= 0.3 is 12.1 Å². The average Bonchev–Trinajstić information content (AvgIpc) is 2.35. The predicted octanol–water partition coefficient (Wildman–Crippen LogP) is 2.76. The van der Waals surface area contributed by atoms with Gasteiger partial charge < -0.3 is 10.4 Å². The molecule has 0 saturated carbocycles. The minimum atomic E-state index is -4.65. The summed E-state index contributed by atoms with van der Waals surface area (Å²) >= 11 is 0. The molecule has 0 radical (unpaired) electrons. The lowest BCUT2D eigenvalue weighted by Crippen LogP contribution is -2.43. The highest BCUT2D eigenvalue weighted by atomic mass is 19.4. The Bertz CT molecular complexity index is 555. The van der Waals surface area contributed by atoms with E-state index in [0.717, 1.165) is 16.7 Å². The number of benzene rings is 1. The molecule has 0 heterocycles. The van der Waals surface area contributed by atoms with Crippen molar-refractivity contribution >= 4 is 11.9 Å². The van der Waals surface area contributed by atoms with Crippen LogP contribution in [0.4, 0.5) is 13.2 Å². The van der Waals surface area contributed by atoms with Gasteiger partial charge in [-0.2, -0.15) is 13.2 Å². The fourth-order valence-electron chi connectivity index (χ4n) is 2.07. The van der Waals surface area contributed by atoms with Gasteiger partial charge in [-0.25, -0.2) is 4.79 Å². The molecule has 1 unspecified atom stereocenters. The summed E-state index contributed by atoms with van der Waals surface area (Å²) in [5.41, 5.74) is 2.96. The molecule has 1 aromatic carbocycles. The summed E-state index contributed by atoms with van der Waals surface area (Å²) in [5, 5.41) is 10.6. The Hall–Kier alpha value is -2.05. The van der Waals surface area contributed by atoms with Crippen molar-refractivity contribution in [2.75, 3.05) is 0 Å². The van der Waals surface area contributed by atoms with Crippen LogP contribution in [0.2, 0.25) is 0 Å². The normalized spacial score (nSPS) is 12.8. The monoisotopic (exact) mass is 317 g/mol. The lowest BCUT2D eigenvalue weighted by Gasteiger charge is -2.16. The molecule has 0 aliphatic rings. The molecule has 4 nitrogen and oxygen atoms in total. The van der Waals surface area contributed by atoms with Crippen LogP contribution >= 0.6 is 0 Å². The third-order valence-electron chi connectivity index (χ3n) is 3.19. The van der Waals surface area contributed by atoms with Crippen LogP contribution in [0.5, 0.6) is 0 Å². The number of hydrogen-bond acceptors (Lipinski definition) is 2. The van der Waals surface area contributed by atoms with Crippen LogP contribution in [0.3, 0.4) is 0 Å². The molecule has 2 N–H and O–H groups in total. The molecule has 0 aromatic heterocycles. The summed E-state index contributed by atoms with van der Waals surface area (Å²) in [5.74, 6) is -2.41. The Kier molecular flexibility index (Phi) is 5.96. The van der Waals surface area contributed by atoms with E-state index in [1.54, 1.807) is 0 Å². The van der Waals surface area contributed by atoms with Crippen LogP contribution in [0, 0.1) is 13.8 Å². The molecule has 22 heavy (non-hydrogen) atoms. The van der Waals surface area contributed by atoms with Gasteiger partial charge in [0.15, 0.2) is 0 Å². The van der Waals surface area contributed by atoms with Crippen molar-refractivity contribution < 1.29 is 27.9 Å². The van der Waals surface area contributed by atoms with Crippen LogP contribution in [0.25, 0.3) is 0 Å². The van der Waals surface area contributed by atoms with Gasteiger partial charge in [-0.3, -0.25) is 4.79 Å². The van der Waals surface area contributed by atoms with Gasteiger partial charge in [0.1, 0.15) is 6.04 Å². The maximum Gasteiger partial charge on any atom is 0.391 e. The average molecular weight is 317 g/mol. The number of alkyl halides is 3. The SMILES string of the molecule is Cc1ccc(CCC(=O)NC(CC(F)(F)F)C(=O)O)c(C)c1. The maximum atomic E-state index is 12.2. The van der Waals surface area contributed by atoms with Gasteiger partial charge in [-0.1, -0.05) is 23.8 Å². The predicted molar refractivity (Wildman–Crippen MR) is 74.5 cm³/mol. The van der Waals surface area contributed by atoms with Gasteiger partial charge in [0.05, 0.1) is 6.42 Å². The van der Waals surface area contributed by atoms with Crippen molar-refractivity contribution in [2.45, 2.75) is 45.3 Å². The fourth-order valence-corrected chi connectivity index (χ4v) is 2.07. The second-order valence-corrected chi connectivity index (χ2v) is 5.21. The molecule has 0 saturated heterocycles. The molecule has 0 aliphatic carbocycles. The minimum Gasteiger partial charge on any atom is -0.480 e. The molecular formula is C15H18F3NO3. The maximum absolute atomic E-state index is 12.2. The first-order valence-electron chi connectivity index (χ1n) is 6.73. The van der Waals surface area contributed by atoms with E-state index in [4.69, 9.17) is 5.11 Å². The summed E-state index contributed by atoms with van der Waals surface area (Å²) in [4.78, 5) is 22.4. The number of halogens is 3. The lowest BCUT2D eigenvalue weighted by molar-refractivity contribution is -0.160. The van der Waals surface area contributed by atoms with Gasteiger partial charge in [-0.05, 0) is 31.4 Å². The molecular weight excluding hydrogens is 299 g/mol. The van der Waals surface area contributed by atoms with Crippen LogP contribution in [-0.4, -0.2) is 29.2 Å². The summed E-state index contributed by atoms with van der Waals surface area (Å²) in [6, 6.07) is 3.72. The van der Waals surface area contributed by atoms with E-state index < -0.39 is 30.5 Å². The molecule has 1 aromatic rings. The zero-order valence-electron chi connectivity index (χ0n) is 12.3. The van der Waals surface area contributed by atoms with Crippen molar-refractivity contribution in [1.82, 2.24) is 5.32 Å². The molecule has 1 rings (SSSR count). The first-order valence-corrected chi connectivity index (χ1v) is 6.73. The Morgan fingerprint density at radius 1 is 1.27 bits per heavy atom. The van der Waals surface area contributed by atoms with Gasteiger partial charge in [0.25, 0.3) is 0 Å². The molecule has 0 aliphatic heterocycles. The van der Waals surface area contributed by atoms with E-state index in [2.05, 4.69) is 0 Å². The molecule has 1 amide bonds. The number of carbonyl (C=O) groups excluding carboxylic acids is 1.